The topological polar surface area (TPSA) is 77.1 Å². The number of primary amides is 1. The standard InChI is InChI=1S/C15H13N3O2S/c1-18-11-5-6-21-13(11)8-12(18)15(20)17-10-4-2-3-9(7-10)14(16)19/h2-8H,1H3,(H2,16,19)(H,17,20). The Kier molecular flexibility index (Phi) is 3.23. The first kappa shape index (κ1) is 13.4. The first-order valence-corrected chi connectivity index (χ1v) is 7.18. The molecule has 3 rings (SSSR count). The summed E-state index contributed by atoms with van der Waals surface area (Å²) in [4.78, 5) is 23.5. The lowest BCUT2D eigenvalue weighted by Crippen LogP contribution is -2.16. The molecule has 0 saturated heterocycles. The summed E-state index contributed by atoms with van der Waals surface area (Å²) in [7, 11) is 1.85. The number of carbonyl (C=O) groups is 2. The number of nitrogens with one attached hydrogen (secondary N) is 1. The number of nitrogens with two attached hydrogens (primary N) is 1. The third-order valence-corrected chi connectivity index (χ3v) is 4.15. The first-order chi connectivity index (χ1) is 10.1. The van der Waals surface area contributed by atoms with Gasteiger partial charge in [0.1, 0.15) is 5.69 Å². The second-order valence-corrected chi connectivity index (χ2v) is 5.61. The van der Waals surface area contributed by atoms with Crippen LogP contribution in [0, 0.1) is 0 Å². The Morgan fingerprint density at radius 1 is 1.24 bits per heavy atom. The van der Waals surface area contributed by atoms with Crippen molar-refractivity contribution >= 4 is 39.1 Å². The van der Waals surface area contributed by atoms with Crippen molar-refractivity contribution in [1.29, 1.82) is 0 Å². The summed E-state index contributed by atoms with van der Waals surface area (Å²) in [6.45, 7) is 0. The minimum absolute atomic E-state index is 0.220. The molecule has 3 N–H and O–H groups in total. The van der Waals surface area contributed by atoms with Crippen LogP contribution in [0.5, 0.6) is 0 Å². The average molecular weight is 299 g/mol. The fraction of sp³-hybridized carbons (Fsp3) is 0.0667. The van der Waals surface area contributed by atoms with Gasteiger partial charge in [-0.25, -0.2) is 0 Å². The van der Waals surface area contributed by atoms with E-state index in [-0.39, 0.29) is 5.91 Å². The van der Waals surface area contributed by atoms with Crippen molar-refractivity contribution in [1.82, 2.24) is 4.57 Å². The summed E-state index contributed by atoms with van der Waals surface area (Å²) >= 11 is 1.59. The van der Waals surface area contributed by atoms with Gasteiger partial charge in [0.05, 0.1) is 10.2 Å². The molecule has 6 heteroatoms. The maximum Gasteiger partial charge on any atom is 0.272 e. The molecule has 0 aliphatic rings. The number of thiophene rings is 1. The Hall–Kier alpha value is -2.60. The summed E-state index contributed by atoms with van der Waals surface area (Å²) in [6.07, 6.45) is 0. The van der Waals surface area contributed by atoms with Crippen molar-refractivity contribution in [2.24, 2.45) is 12.8 Å². The highest BCUT2D eigenvalue weighted by atomic mass is 32.1. The van der Waals surface area contributed by atoms with E-state index in [1.807, 2.05) is 29.1 Å². The Morgan fingerprint density at radius 2 is 2.05 bits per heavy atom. The van der Waals surface area contributed by atoms with Crippen LogP contribution in [-0.4, -0.2) is 16.4 Å². The monoisotopic (exact) mass is 299 g/mol. The van der Waals surface area contributed by atoms with Crippen molar-refractivity contribution in [3.63, 3.8) is 0 Å². The second-order valence-electron chi connectivity index (χ2n) is 4.66. The number of rotatable bonds is 3. The molecule has 0 aliphatic heterocycles. The van der Waals surface area contributed by atoms with Crippen LogP contribution >= 0.6 is 11.3 Å². The molecule has 21 heavy (non-hydrogen) atoms. The number of hydrogen-bond acceptors (Lipinski definition) is 3. The second kappa shape index (κ2) is 5.06. The quantitative estimate of drug-likeness (QED) is 0.780. The highest BCUT2D eigenvalue weighted by Gasteiger charge is 2.14. The number of nitrogens with zero attached hydrogens (tertiary/aromatic N) is 1. The van der Waals surface area contributed by atoms with Crippen LogP contribution in [0.25, 0.3) is 10.2 Å². The molecule has 2 heterocycles. The Bertz CT molecular complexity index is 848. The van der Waals surface area contributed by atoms with Gasteiger partial charge in [0, 0.05) is 18.3 Å². The van der Waals surface area contributed by atoms with Crippen LogP contribution in [0.2, 0.25) is 0 Å². The lowest BCUT2D eigenvalue weighted by Gasteiger charge is -2.07. The van der Waals surface area contributed by atoms with Crippen LogP contribution in [-0.2, 0) is 7.05 Å². The number of fused-ring (bicyclic) bond motifs is 1. The fourth-order valence-corrected chi connectivity index (χ4v) is 3.06. The third-order valence-electron chi connectivity index (χ3n) is 3.30. The van der Waals surface area contributed by atoms with Crippen LogP contribution in [0.3, 0.4) is 0 Å². The summed E-state index contributed by atoms with van der Waals surface area (Å²) in [5, 5.41) is 4.77. The normalized spacial score (nSPS) is 10.7. The molecule has 0 atom stereocenters. The van der Waals surface area contributed by atoms with E-state index < -0.39 is 5.91 Å². The summed E-state index contributed by atoms with van der Waals surface area (Å²) in [6, 6.07) is 10.4. The van der Waals surface area contributed by atoms with Crippen molar-refractivity contribution in [3.05, 3.63) is 53.0 Å². The molecule has 0 saturated carbocycles. The lowest BCUT2D eigenvalue weighted by molar-refractivity contribution is 0.0995. The number of aryl methyl sites for hydroxylation is 1. The zero-order valence-electron chi connectivity index (χ0n) is 11.3. The molecule has 1 aromatic carbocycles. The van der Waals surface area contributed by atoms with Crippen molar-refractivity contribution in [3.8, 4) is 0 Å². The van der Waals surface area contributed by atoms with Gasteiger partial charge in [-0.1, -0.05) is 6.07 Å². The van der Waals surface area contributed by atoms with Gasteiger partial charge in [0.2, 0.25) is 5.91 Å². The largest absolute Gasteiger partial charge is 0.366 e. The molecular formula is C15H13N3O2S. The molecule has 0 aliphatic carbocycles. The van der Waals surface area contributed by atoms with E-state index in [0.29, 0.717) is 16.9 Å². The van der Waals surface area contributed by atoms with E-state index in [9.17, 15) is 9.59 Å². The van der Waals surface area contributed by atoms with Crippen LogP contribution in [0.1, 0.15) is 20.8 Å². The van der Waals surface area contributed by atoms with E-state index in [1.54, 1.807) is 35.6 Å². The third kappa shape index (κ3) is 2.41. The van der Waals surface area contributed by atoms with Crippen LogP contribution in [0.15, 0.2) is 41.8 Å². The van der Waals surface area contributed by atoms with Gasteiger partial charge >= 0.3 is 0 Å². The molecule has 0 fully saturated rings. The molecule has 0 radical (unpaired) electrons. The van der Waals surface area contributed by atoms with E-state index in [4.69, 9.17) is 5.73 Å². The Morgan fingerprint density at radius 3 is 2.76 bits per heavy atom. The van der Waals surface area contributed by atoms with Crippen molar-refractivity contribution in [2.75, 3.05) is 5.32 Å². The molecule has 106 valence electrons. The maximum atomic E-state index is 12.3. The Balaban J connectivity index is 1.89. The number of benzene rings is 1. The number of anilines is 1. The number of hydrogen-bond donors (Lipinski definition) is 2. The zero-order chi connectivity index (χ0) is 15.0. The zero-order valence-corrected chi connectivity index (χ0v) is 12.1. The van der Waals surface area contributed by atoms with Gasteiger partial charge in [-0.05, 0) is 35.7 Å². The smallest absolute Gasteiger partial charge is 0.272 e. The molecule has 3 aromatic rings. The minimum atomic E-state index is -0.523. The molecule has 2 aromatic heterocycles. The summed E-state index contributed by atoms with van der Waals surface area (Å²) in [5.41, 5.74) is 7.73. The van der Waals surface area contributed by atoms with E-state index in [1.165, 1.54) is 0 Å². The number of carbonyl (C=O) groups excluding carboxylic acids is 2. The maximum absolute atomic E-state index is 12.3. The van der Waals surface area contributed by atoms with Gasteiger partial charge < -0.3 is 15.6 Å². The number of aromatic nitrogens is 1. The van der Waals surface area contributed by atoms with Gasteiger partial charge in [-0.3, -0.25) is 9.59 Å². The molecular weight excluding hydrogens is 286 g/mol. The van der Waals surface area contributed by atoms with E-state index in [0.717, 1.165) is 10.2 Å². The first-order valence-electron chi connectivity index (χ1n) is 6.30. The summed E-state index contributed by atoms with van der Waals surface area (Å²) in [5.74, 6) is -0.743. The van der Waals surface area contributed by atoms with E-state index in [2.05, 4.69) is 5.32 Å². The molecule has 2 amide bonds. The van der Waals surface area contributed by atoms with Gasteiger partial charge in [0.15, 0.2) is 0 Å². The number of amides is 2. The van der Waals surface area contributed by atoms with Gasteiger partial charge in [0.25, 0.3) is 5.91 Å². The van der Waals surface area contributed by atoms with Gasteiger partial charge in [-0.2, -0.15) is 0 Å². The van der Waals surface area contributed by atoms with Crippen molar-refractivity contribution < 1.29 is 9.59 Å². The van der Waals surface area contributed by atoms with Crippen LogP contribution in [0.4, 0.5) is 5.69 Å². The van der Waals surface area contributed by atoms with Crippen LogP contribution < -0.4 is 11.1 Å². The highest BCUT2D eigenvalue weighted by molar-refractivity contribution is 7.17. The average Bonchev–Trinajstić information content (AvgIpc) is 3.02. The molecule has 0 spiro atoms. The Labute approximate surface area is 125 Å². The predicted octanol–water partition coefficient (Wildman–Crippen LogP) is 2.59. The van der Waals surface area contributed by atoms with Crippen molar-refractivity contribution in [2.45, 2.75) is 0 Å². The fourth-order valence-electron chi connectivity index (χ4n) is 2.21. The van der Waals surface area contributed by atoms with Gasteiger partial charge in [-0.15, -0.1) is 11.3 Å². The summed E-state index contributed by atoms with van der Waals surface area (Å²) < 4.78 is 2.91. The highest BCUT2D eigenvalue weighted by Crippen LogP contribution is 2.24. The minimum Gasteiger partial charge on any atom is -0.366 e. The molecule has 5 nitrogen and oxygen atoms in total. The molecule has 0 unspecified atom stereocenters. The lowest BCUT2D eigenvalue weighted by atomic mass is 10.2. The SMILES string of the molecule is Cn1c(C(=O)Nc2cccc(C(N)=O)c2)cc2sccc21. The molecule has 0 bridgehead atoms. The van der Waals surface area contributed by atoms with E-state index >= 15 is 0 Å². The predicted molar refractivity (Wildman–Crippen MR) is 83.7 cm³/mol.